The first-order valence-electron chi connectivity index (χ1n) is 10.0. The number of anilines is 1. The van der Waals surface area contributed by atoms with Crippen LogP contribution >= 0.6 is 0 Å². The molecule has 0 bridgehead atoms. The summed E-state index contributed by atoms with van der Waals surface area (Å²) in [6.45, 7) is 3.92. The number of methoxy groups -OCH3 is 1. The van der Waals surface area contributed by atoms with Crippen LogP contribution in [-0.4, -0.2) is 23.8 Å². The van der Waals surface area contributed by atoms with E-state index in [4.69, 9.17) is 5.73 Å². The lowest BCUT2D eigenvalue weighted by Crippen LogP contribution is -2.11. The van der Waals surface area contributed by atoms with Crippen molar-refractivity contribution < 1.29 is 13.9 Å². The van der Waals surface area contributed by atoms with E-state index in [1.165, 1.54) is 19.2 Å². The molecule has 2 aromatic rings. The van der Waals surface area contributed by atoms with Crippen LogP contribution in [0.15, 0.2) is 58.7 Å². The van der Waals surface area contributed by atoms with Crippen LogP contribution in [-0.2, 0) is 4.74 Å². The van der Waals surface area contributed by atoms with Gasteiger partial charge >= 0.3 is 5.97 Å². The van der Waals surface area contributed by atoms with E-state index in [-0.39, 0.29) is 5.56 Å². The van der Waals surface area contributed by atoms with Crippen molar-refractivity contribution in [1.29, 1.82) is 0 Å². The molecule has 0 radical (unpaired) electrons. The molecule has 2 N–H and O–H groups in total. The highest BCUT2D eigenvalue weighted by atomic mass is 19.1. The summed E-state index contributed by atoms with van der Waals surface area (Å²) in [5.41, 5.74) is 10.1. The Morgan fingerprint density at radius 3 is 2.74 bits per heavy atom. The van der Waals surface area contributed by atoms with Gasteiger partial charge in [-0.1, -0.05) is 36.5 Å². The molecule has 5 nitrogen and oxygen atoms in total. The van der Waals surface area contributed by atoms with Crippen LogP contribution in [0.3, 0.4) is 0 Å². The second-order valence-corrected chi connectivity index (χ2v) is 7.04. The van der Waals surface area contributed by atoms with Crippen LogP contribution < -0.4 is 5.73 Å². The van der Waals surface area contributed by atoms with E-state index in [9.17, 15) is 9.18 Å². The number of hydrogen-bond acceptors (Lipinski definition) is 5. The summed E-state index contributed by atoms with van der Waals surface area (Å²) in [7, 11) is 1.22. The number of nitrogen functional groups attached to an aromatic ring is 1. The van der Waals surface area contributed by atoms with Crippen molar-refractivity contribution in [3.8, 4) is 11.8 Å². The van der Waals surface area contributed by atoms with E-state index < -0.39 is 11.8 Å². The molecule has 1 aromatic heterocycles. The van der Waals surface area contributed by atoms with E-state index in [1.54, 1.807) is 18.3 Å². The number of hydrogen-bond donors (Lipinski definition) is 1. The highest BCUT2D eigenvalue weighted by molar-refractivity contribution is 6.16. The van der Waals surface area contributed by atoms with Gasteiger partial charge in [0.25, 0.3) is 0 Å². The van der Waals surface area contributed by atoms with Gasteiger partial charge in [-0.05, 0) is 50.5 Å². The van der Waals surface area contributed by atoms with E-state index in [0.717, 1.165) is 41.7 Å². The van der Waals surface area contributed by atoms with Crippen LogP contribution in [0.5, 0.6) is 0 Å². The minimum atomic E-state index is -0.723. The summed E-state index contributed by atoms with van der Waals surface area (Å²) in [5, 5.41) is 0. The molecule has 0 saturated heterocycles. The Balaban J connectivity index is 2.13. The molecule has 1 aromatic carbocycles. The molecule has 2 heterocycles. The normalized spacial score (nSPS) is 13.6. The van der Waals surface area contributed by atoms with Gasteiger partial charge in [0.15, 0.2) is 0 Å². The van der Waals surface area contributed by atoms with Crippen molar-refractivity contribution >= 4 is 17.5 Å². The Labute approximate surface area is 181 Å². The van der Waals surface area contributed by atoms with Gasteiger partial charge in [-0.2, -0.15) is 0 Å². The maximum Gasteiger partial charge on any atom is 0.340 e. The first-order valence-corrected chi connectivity index (χ1v) is 10.0. The van der Waals surface area contributed by atoms with Gasteiger partial charge in [0.2, 0.25) is 0 Å². The van der Waals surface area contributed by atoms with E-state index >= 15 is 0 Å². The third kappa shape index (κ3) is 5.07. The molecule has 158 valence electrons. The molecule has 0 atom stereocenters. The van der Waals surface area contributed by atoms with E-state index in [2.05, 4.69) is 33.5 Å². The molecule has 0 saturated carbocycles. The summed E-state index contributed by atoms with van der Waals surface area (Å²) in [5.74, 6) is 5.48. The number of ether oxygens (including phenoxy) is 1. The maximum absolute atomic E-state index is 14.6. The lowest BCUT2D eigenvalue weighted by atomic mass is 9.92. The fraction of sp³-hybridized carbons (Fsp3) is 0.240. The zero-order valence-electron chi connectivity index (χ0n) is 17.8. The molecule has 31 heavy (non-hydrogen) atoms. The zero-order valence-corrected chi connectivity index (χ0v) is 17.8. The second-order valence-electron chi connectivity index (χ2n) is 7.04. The minimum Gasteiger partial charge on any atom is -0.465 e. The molecule has 6 heteroatoms. The molecule has 0 aliphatic carbocycles. The number of pyridine rings is 1. The number of aryl methyl sites for hydroxylation is 1. The predicted molar refractivity (Wildman–Crippen MR) is 120 cm³/mol. The largest absolute Gasteiger partial charge is 0.465 e. The second kappa shape index (κ2) is 9.86. The Hall–Kier alpha value is -3.72. The van der Waals surface area contributed by atoms with Gasteiger partial charge in [-0.3, -0.25) is 4.99 Å². The Morgan fingerprint density at radius 1 is 1.26 bits per heavy atom. The third-order valence-electron chi connectivity index (χ3n) is 5.02. The molecule has 0 unspecified atom stereocenters. The van der Waals surface area contributed by atoms with Crippen LogP contribution in [0.4, 0.5) is 10.2 Å². The van der Waals surface area contributed by atoms with Gasteiger partial charge in [0.1, 0.15) is 11.6 Å². The number of esters is 1. The summed E-state index contributed by atoms with van der Waals surface area (Å²) >= 11 is 0. The molecule has 0 spiro atoms. The summed E-state index contributed by atoms with van der Waals surface area (Å²) in [6.07, 6.45) is 6.16. The van der Waals surface area contributed by atoms with Gasteiger partial charge in [0.05, 0.1) is 29.7 Å². The van der Waals surface area contributed by atoms with Crippen molar-refractivity contribution in [3.63, 3.8) is 0 Å². The highest BCUT2D eigenvalue weighted by Crippen LogP contribution is 2.24. The smallest absolute Gasteiger partial charge is 0.340 e. The summed E-state index contributed by atoms with van der Waals surface area (Å²) < 4.78 is 19.3. The standard InChI is InChI=1S/C25H24FN3O2/c1-4-17-7-5-6-14-28-24(19-9-12-21(22(26)15-19)25(30)31-3)20(17)11-8-18-10-13-23(27)29-16(18)2/h6,9-10,12-15H,4-5,7H2,1-3H3,(H2,27,29). The fourth-order valence-corrected chi connectivity index (χ4v) is 3.32. The van der Waals surface area contributed by atoms with Crippen molar-refractivity contribution in [1.82, 2.24) is 4.98 Å². The lowest BCUT2D eigenvalue weighted by molar-refractivity contribution is 0.0595. The fourth-order valence-electron chi connectivity index (χ4n) is 3.32. The Bertz CT molecular complexity index is 1170. The molecule has 0 amide bonds. The summed E-state index contributed by atoms with van der Waals surface area (Å²) in [6, 6.07) is 7.91. The quantitative estimate of drug-likeness (QED) is 0.577. The van der Waals surface area contributed by atoms with Crippen molar-refractivity contribution in [2.45, 2.75) is 33.1 Å². The number of allylic oxidation sites excluding steroid dienone is 3. The first-order chi connectivity index (χ1) is 14.9. The van der Waals surface area contributed by atoms with E-state index in [1.807, 2.05) is 19.1 Å². The maximum atomic E-state index is 14.6. The van der Waals surface area contributed by atoms with Crippen LogP contribution in [0, 0.1) is 24.6 Å². The number of nitrogens with zero attached hydrogens (tertiary/aromatic N) is 2. The van der Waals surface area contributed by atoms with Crippen LogP contribution in [0.2, 0.25) is 0 Å². The van der Waals surface area contributed by atoms with Crippen molar-refractivity contribution in [2.75, 3.05) is 12.8 Å². The van der Waals surface area contributed by atoms with Gasteiger partial charge in [-0.15, -0.1) is 0 Å². The average Bonchev–Trinajstić information content (AvgIpc) is 2.74. The van der Waals surface area contributed by atoms with Gasteiger partial charge in [0, 0.05) is 17.3 Å². The number of aromatic nitrogens is 1. The number of carbonyl (C=O) groups excluding carboxylic acids is 1. The number of rotatable bonds is 3. The number of carbonyl (C=O) groups is 1. The summed E-state index contributed by atoms with van der Waals surface area (Å²) in [4.78, 5) is 20.6. The monoisotopic (exact) mass is 417 g/mol. The third-order valence-corrected chi connectivity index (χ3v) is 5.02. The topological polar surface area (TPSA) is 77.6 Å². The van der Waals surface area contributed by atoms with Crippen molar-refractivity contribution in [2.24, 2.45) is 4.99 Å². The van der Waals surface area contributed by atoms with Crippen LogP contribution in [0.25, 0.3) is 0 Å². The highest BCUT2D eigenvalue weighted by Gasteiger charge is 2.18. The minimum absolute atomic E-state index is 0.121. The number of aliphatic imine (C=N–C) groups is 1. The van der Waals surface area contributed by atoms with Gasteiger partial charge < -0.3 is 10.5 Å². The molecule has 0 fully saturated rings. The van der Waals surface area contributed by atoms with Gasteiger partial charge in [-0.25, -0.2) is 14.2 Å². The number of nitrogens with two attached hydrogens (primary N) is 1. The Morgan fingerprint density at radius 2 is 2.06 bits per heavy atom. The molecule has 1 aliphatic heterocycles. The number of benzene rings is 1. The van der Waals surface area contributed by atoms with Crippen molar-refractivity contribution in [3.05, 3.63) is 82.0 Å². The average molecular weight is 417 g/mol. The molecular weight excluding hydrogens is 393 g/mol. The first kappa shape index (κ1) is 22.0. The van der Waals surface area contributed by atoms with E-state index in [0.29, 0.717) is 17.1 Å². The molecule has 3 rings (SSSR count). The SMILES string of the molecule is CCC1=C(C#Cc2ccc(N)nc2C)C(c2ccc(C(=O)OC)c(F)c2)=NC=CCC1. The predicted octanol–water partition coefficient (Wildman–Crippen LogP) is 4.75. The molecule has 1 aliphatic rings. The zero-order chi connectivity index (χ0) is 22.4. The number of halogens is 1. The Kier molecular flexibility index (Phi) is 6.99. The van der Waals surface area contributed by atoms with Crippen LogP contribution in [0.1, 0.15) is 53.4 Å². The molecular formula is C25H24FN3O2. The lowest BCUT2D eigenvalue weighted by Gasteiger charge is -2.14.